The van der Waals surface area contributed by atoms with Gasteiger partial charge in [-0.15, -0.1) is 0 Å². The minimum Gasteiger partial charge on any atom is -0.338 e. The Balaban J connectivity index is 1.77. The van der Waals surface area contributed by atoms with Crippen molar-refractivity contribution in [3.8, 4) is 0 Å². The minimum absolute atomic E-state index is 0.227. The Morgan fingerprint density at radius 3 is 2.12 bits per heavy atom. The molecule has 1 amide bonds. The number of benzene rings is 2. The number of carbonyl (C=O) groups excluding carboxylic acids is 1. The van der Waals surface area contributed by atoms with Gasteiger partial charge >= 0.3 is 0 Å². The summed E-state index contributed by atoms with van der Waals surface area (Å²) in [6.45, 7) is 2.71. The first kappa shape index (κ1) is 15.2. The first-order valence-corrected chi connectivity index (χ1v) is 9.30. The van der Waals surface area contributed by atoms with Gasteiger partial charge in [0.25, 0.3) is 0 Å². The highest BCUT2D eigenvalue weighted by Crippen LogP contribution is 2.51. The summed E-state index contributed by atoms with van der Waals surface area (Å²) in [6.07, 6.45) is 4.49. The van der Waals surface area contributed by atoms with Gasteiger partial charge < -0.3 is 9.64 Å². The lowest BCUT2D eigenvalue weighted by Crippen LogP contribution is -2.48. The summed E-state index contributed by atoms with van der Waals surface area (Å²) >= 11 is 0. The van der Waals surface area contributed by atoms with E-state index in [1.165, 1.54) is 22.3 Å². The van der Waals surface area contributed by atoms with Gasteiger partial charge in [-0.1, -0.05) is 48.5 Å². The molecule has 3 nitrogen and oxygen atoms in total. The number of aryl methyl sites for hydroxylation is 2. The molecule has 1 atom stereocenters. The van der Waals surface area contributed by atoms with Crippen molar-refractivity contribution >= 4 is 5.91 Å². The Labute approximate surface area is 148 Å². The molecule has 0 bridgehead atoms. The fourth-order valence-electron chi connectivity index (χ4n) is 5.05. The van der Waals surface area contributed by atoms with Crippen LogP contribution in [-0.4, -0.2) is 23.1 Å². The summed E-state index contributed by atoms with van der Waals surface area (Å²) in [4.78, 5) is 14.7. The number of amides is 1. The highest BCUT2D eigenvalue weighted by atomic mass is 16.6. The van der Waals surface area contributed by atoms with Gasteiger partial charge in [0, 0.05) is 6.42 Å². The summed E-state index contributed by atoms with van der Waals surface area (Å²) in [5.74, 6) is 0.227. The van der Waals surface area contributed by atoms with Crippen LogP contribution in [0.3, 0.4) is 0 Å². The second kappa shape index (κ2) is 5.18. The summed E-state index contributed by atoms with van der Waals surface area (Å²) in [5, 5.41) is 0. The molecule has 1 spiro atoms. The van der Waals surface area contributed by atoms with Crippen LogP contribution in [0.1, 0.15) is 48.4 Å². The van der Waals surface area contributed by atoms with Crippen LogP contribution in [-0.2, 0) is 28.0 Å². The number of piperidine rings is 1. The van der Waals surface area contributed by atoms with Crippen molar-refractivity contribution in [2.75, 3.05) is 6.54 Å². The summed E-state index contributed by atoms with van der Waals surface area (Å²) in [5.41, 5.74) is 4.12. The molecule has 128 valence electrons. The maximum Gasteiger partial charge on any atom is 0.224 e. The fourth-order valence-corrected chi connectivity index (χ4v) is 5.05. The van der Waals surface area contributed by atoms with Crippen molar-refractivity contribution < 1.29 is 9.53 Å². The molecule has 0 saturated carbocycles. The molecular formula is C22H23NO2. The third-order valence-electron chi connectivity index (χ3n) is 6.25. The normalized spacial score (nSPS) is 26.8. The number of ether oxygens (including phenoxy) is 1. The molecule has 5 rings (SSSR count). The quantitative estimate of drug-likeness (QED) is 0.734. The van der Waals surface area contributed by atoms with E-state index in [1.807, 2.05) is 4.90 Å². The SMILES string of the molecule is CC12CCCC(=O)N1CC1(O2)c2ccccc2CCc2ccccc21. The summed E-state index contributed by atoms with van der Waals surface area (Å²) in [7, 11) is 0. The molecule has 2 heterocycles. The second-order valence-electron chi connectivity index (χ2n) is 7.75. The maximum absolute atomic E-state index is 12.7. The average Bonchev–Trinajstić information content (AvgIpc) is 2.89. The van der Waals surface area contributed by atoms with Crippen LogP contribution in [0.2, 0.25) is 0 Å². The van der Waals surface area contributed by atoms with Gasteiger partial charge in [-0.2, -0.15) is 0 Å². The standard InChI is InChI=1S/C22H23NO2/c1-21-14-6-11-20(24)23(21)15-22(25-21)18-9-4-2-7-16(18)12-13-17-8-3-5-10-19(17)22/h2-5,7-10H,6,11-15H2,1H3. The molecule has 2 aromatic rings. The van der Waals surface area contributed by atoms with Crippen LogP contribution in [0.5, 0.6) is 0 Å². The van der Waals surface area contributed by atoms with Crippen LogP contribution in [0.25, 0.3) is 0 Å². The van der Waals surface area contributed by atoms with Crippen molar-refractivity contribution in [2.24, 2.45) is 0 Å². The zero-order valence-corrected chi connectivity index (χ0v) is 14.6. The third-order valence-corrected chi connectivity index (χ3v) is 6.25. The van der Waals surface area contributed by atoms with E-state index in [1.54, 1.807) is 0 Å². The van der Waals surface area contributed by atoms with E-state index < -0.39 is 11.3 Å². The Kier molecular flexibility index (Phi) is 3.14. The van der Waals surface area contributed by atoms with Crippen molar-refractivity contribution in [3.05, 3.63) is 70.8 Å². The van der Waals surface area contributed by atoms with E-state index >= 15 is 0 Å². The molecule has 0 aromatic heterocycles. The van der Waals surface area contributed by atoms with Crippen molar-refractivity contribution in [1.82, 2.24) is 4.90 Å². The Morgan fingerprint density at radius 2 is 1.52 bits per heavy atom. The van der Waals surface area contributed by atoms with Gasteiger partial charge in [-0.05, 0) is 54.9 Å². The topological polar surface area (TPSA) is 29.5 Å². The van der Waals surface area contributed by atoms with E-state index in [-0.39, 0.29) is 5.91 Å². The first-order chi connectivity index (χ1) is 12.1. The van der Waals surface area contributed by atoms with E-state index in [0.717, 1.165) is 25.7 Å². The largest absolute Gasteiger partial charge is 0.338 e. The minimum atomic E-state index is -0.543. The Bertz CT molecular complexity index is 811. The van der Waals surface area contributed by atoms with E-state index in [9.17, 15) is 4.79 Å². The molecular weight excluding hydrogens is 310 g/mol. The number of fused-ring (bicyclic) bond motifs is 5. The Morgan fingerprint density at radius 1 is 0.920 bits per heavy atom. The van der Waals surface area contributed by atoms with E-state index in [2.05, 4.69) is 55.5 Å². The first-order valence-electron chi connectivity index (χ1n) is 9.30. The van der Waals surface area contributed by atoms with Crippen LogP contribution in [0.4, 0.5) is 0 Å². The molecule has 2 aromatic carbocycles. The van der Waals surface area contributed by atoms with E-state index in [0.29, 0.717) is 13.0 Å². The molecule has 3 heteroatoms. The number of hydrogen-bond donors (Lipinski definition) is 0. The van der Waals surface area contributed by atoms with Crippen LogP contribution >= 0.6 is 0 Å². The molecule has 0 radical (unpaired) electrons. The van der Waals surface area contributed by atoms with Crippen LogP contribution in [0, 0.1) is 0 Å². The lowest BCUT2D eigenvalue weighted by molar-refractivity contribution is -0.163. The highest BCUT2D eigenvalue weighted by Gasteiger charge is 2.57. The van der Waals surface area contributed by atoms with Gasteiger partial charge in [0.05, 0.1) is 6.54 Å². The molecule has 1 unspecified atom stereocenters. The molecule has 2 fully saturated rings. The number of hydrogen-bond acceptors (Lipinski definition) is 2. The van der Waals surface area contributed by atoms with Gasteiger partial charge in [-0.25, -0.2) is 0 Å². The summed E-state index contributed by atoms with van der Waals surface area (Å²) < 4.78 is 6.89. The summed E-state index contributed by atoms with van der Waals surface area (Å²) in [6, 6.07) is 17.2. The lowest BCUT2D eigenvalue weighted by atomic mass is 9.83. The number of rotatable bonds is 0. The second-order valence-corrected chi connectivity index (χ2v) is 7.75. The molecule has 25 heavy (non-hydrogen) atoms. The van der Waals surface area contributed by atoms with Crippen LogP contribution < -0.4 is 0 Å². The fraction of sp³-hybridized carbons (Fsp3) is 0.409. The van der Waals surface area contributed by atoms with Gasteiger partial charge in [-0.3, -0.25) is 4.79 Å². The molecule has 2 aliphatic heterocycles. The molecule has 3 aliphatic rings. The molecule has 2 saturated heterocycles. The predicted molar refractivity (Wildman–Crippen MR) is 96.1 cm³/mol. The zero-order valence-electron chi connectivity index (χ0n) is 14.6. The number of carbonyl (C=O) groups is 1. The molecule has 1 aliphatic carbocycles. The van der Waals surface area contributed by atoms with Gasteiger partial charge in [0.2, 0.25) is 5.91 Å². The predicted octanol–water partition coefficient (Wildman–Crippen LogP) is 3.79. The maximum atomic E-state index is 12.7. The highest BCUT2D eigenvalue weighted by molar-refractivity contribution is 5.78. The van der Waals surface area contributed by atoms with Crippen molar-refractivity contribution in [3.63, 3.8) is 0 Å². The van der Waals surface area contributed by atoms with Crippen molar-refractivity contribution in [1.29, 1.82) is 0 Å². The zero-order chi connectivity index (χ0) is 17.1. The number of nitrogens with zero attached hydrogens (tertiary/aromatic N) is 1. The smallest absolute Gasteiger partial charge is 0.224 e. The average molecular weight is 333 g/mol. The molecule has 0 N–H and O–H groups in total. The Hall–Kier alpha value is -2.13. The van der Waals surface area contributed by atoms with E-state index in [4.69, 9.17) is 4.74 Å². The van der Waals surface area contributed by atoms with Gasteiger partial charge in [0.1, 0.15) is 11.3 Å². The van der Waals surface area contributed by atoms with Crippen LogP contribution in [0.15, 0.2) is 48.5 Å². The lowest BCUT2D eigenvalue weighted by Gasteiger charge is -2.38. The van der Waals surface area contributed by atoms with Gasteiger partial charge in [0.15, 0.2) is 0 Å². The third kappa shape index (κ3) is 2.05. The van der Waals surface area contributed by atoms with Crippen molar-refractivity contribution in [2.45, 2.75) is 50.4 Å². The monoisotopic (exact) mass is 333 g/mol.